The standard InChI is InChI=1S/C22H25FN2O3S/c1-14(27)9-15-3-5-16(6-4-15)19-8-7-17(10-20(19)23)21-11-18(28-25-21)12-22(29-2)24-13-26/h3-8,10,13-14,18,22,27H,9,11-12H2,1-2H3,(H,24,26). The smallest absolute Gasteiger partial charge is 0.207 e. The molecule has 2 aromatic rings. The van der Waals surface area contributed by atoms with E-state index >= 15 is 0 Å². The first-order valence-electron chi connectivity index (χ1n) is 9.52. The first kappa shape index (κ1) is 21.3. The Morgan fingerprint density at radius 2 is 2.03 bits per heavy atom. The van der Waals surface area contributed by atoms with Crippen molar-refractivity contribution in [1.29, 1.82) is 0 Å². The Kier molecular flexibility index (Phi) is 7.28. The first-order chi connectivity index (χ1) is 14.0. The molecule has 0 saturated carbocycles. The summed E-state index contributed by atoms with van der Waals surface area (Å²) < 4.78 is 14.8. The zero-order chi connectivity index (χ0) is 20.8. The van der Waals surface area contributed by atoms with Crippen molar-refractivity contribution in [3.8, 4) is 11.1 Å². The van der Waals surface area contributed by atoms with Crippen LogP contribution in [0.3, 0.4) is 0 Å². The second-order valence-corrected chi connectivity index (χ2v) is 8.20. The maximum atomic E-state index is 14.8. The lowest BCUT2D eigenvalue weighted by atomic mass is 9.97. The normalized spacial score (nSPS) is 17.9. The third kappa shape index (κ3) is 5.58. The Morgan fingerprint density at radius 1 is 1.31 bits per heavy atom. The molecular formula is C22H25FN2O3S. The highest BCUT2D eigenvalue weighted by Gasteiger charge is 2.25. The van der Waals surface area contributed by atoms with E-state index in [0.29, 0.717) is 42.5 Å². The van der Waals surface area contributed by atoms with Crippen LogP contribution in [0.1, 0.15) is 30.9 Å². The fourth-order valence-corrected chi connectivity index (χ4v) is 3.96. The van der Waals surface area contributed by atoms with Gasteiger partial charge in [0.25, 0.3) is 0 Å². The number of nitrogens with one attached hydrogen (secondary N) is 1. The molecule has 2 N–H and O–H groups in total. The predicted octanol–water partition coefficient (Wildman–Crippen LogP) is 3.73. The van der Waals surface area contributed by atoms with Crippen LogP contribution in [0, 0.1) is 5.82 Å². The molecule has 3 rings (SSSR count). The van der Waals surface area contributed by atoms with Gasteiger partial charge in [-0.25, -0.2) is 4.39 Å². The fraction of sp³-hybridized carbons (Fsp3) is 0.364. The topological polar surface area (TPSA) is 70.9 Å². The van der Waals surface area contributed by atoms with Crippen molar-refractivity contribution in [2.45, 2.75) is 43.8 Å². The Balaban J connectivity index is 1.68. The summed E-state index contributed by atoms with van der Waals surface area (Å²) in [6.07, 6.45) is 3.83. The Bertz CT molecular complexity index is 871. The predicted molar refractivity (Wildman–Crippen MR) is 114 cm³/mol. The molecule has 1 heterocycles. The molecule has 1 aliphatic heterocycles. The van der Waals surface area contributed by atoms with Gasteiger partial charge in [-0.05, 0) is 36.8 Å². The molecule has 0 aliphatic carbocycles. The second kappa shape index (κ2) is 9.89. The number of aliphatic hydroxyl groups excluding tert-OH is 1. The number of benzene rings is 2. The van der Waals surface area contributed by atoms with Crippen molar-refractivity contribution < 1.29 is 19.1 Å². The summed E-state index contributed by atoms with van der Waals surface area (Å²) in [6, 6.07) is 12.6. The van der Waals surface area contributed by atoms with E-state index in [1.54, 1.807) is 13.0 Å². The molecular weight excluding hydrogens is 391 g/mol. The number of nitrogens with zero attached hydrogens (tertiary/aromatic N) is 1. The summed E-state index contributed by atoms with van der Waals surface area (Å²) >= 11 is 1.54. The lowest BCUT2D eigenvalue weighted by Crippen LogP contribution is -2.28. The van der Waals surface area contributed by atoms with Gasteiger partial charge < -0.3 is 15.3 Å². The van der Waals surface area contributed by atoms with E-state index in [2.05, 4.69) is 10.5 Å². The van der Waals surface area contributed by atoms with Crippen LogP contribution >= 0.6 is 11.8 Å². The van der Waals surface area contributed by atoms with E-state index < -0.39 is 6.10 Å². The summed E-state index contributed by atoms with van der Waals surface area (Å²) in [4.78, 5) is 16.1. The molecule has 0 spiro atoms. The molecule has 0 aromatic heterocycles. The van der Waals surface area contributed by atoms with E-state index in [1.807, 2.05) is 36.6 Å². The summed E-state index contributed by atoms with van der Waals surface area (Å²) in [5, 5.41) is 16.3. The SMILES string of the molecule is CSC(CC1CC(c2ccc(-c3ccc(CC(C)O)cc3)c(F)c2)=NO1)NC=O. The van der Waals surface area contributed by atoms with Gasteiger partial charge in [0.15, 0.2) is 0 Å². The van der Waals surface area contributed by atoms with Crippen LogP contribution in [-0.4, -0.2) is 41.1 Å². The Labute approximate surface area is 174 Å². The minimum atomic E-state index is -0.407. The number of rotatable bonds is 9. The third-order valence-corrected chi connectivity index (χ3v) is 5.74. The number of oxime groups is 1. The first-order valence-corrected chi connectivity index (χ1v) is 10.8. The summed E-state index contributed by atoms with van der Waals surface area (Å²) in [6.45, 7) is 1.74. The zero-order valence-corrected chi connectivity index (χ0v) is 17.3. The lowest BCUT2D eigenvalue weighted by Gasteiger charge is -2.16. The largest absolute Gasteiger partial charge is 0.393 e. The maximum absolute atomic E-state index is 14.8. The van der Waals surface area contributed by atoms with Crippen molar-refractivity contribution in [2.24, 2.45) is 5.16 Å². The molecule has 5 nitrogen and oxygen atoms in total. The highest BCUT2D eigenvalue weighted by Crippen LogP contribution is 2.27. The van der Waals surface area contributed by atoms with E-state index in [1.165, 1.54) is 17.8 Å². The Morgan fingerprint density at radius 3 is 2.66 bits per heavy atom. The van der Waals surface area contributed by atoms with Crippen molar-refractivity contribution in [2.75, 3.05) is 6.26 Å². The minimum Gasteiger partial charge on any atom is -0.393 e. The van der Waals surface area contributed by atoms with E-state index in [-0.39, 0.29) is 17.3 Å². The number of carbonyl (C=O) groups is 1. The van der Waals surface area contributed by atoms with Gasteiger partial charge in [0.1, 0.15) is 11.9 Å². The minimum absolute atomic E-state index is 0.0389. The van der Waals surface area contributed by atoms with E-state index in [0.717, 1.165) is 11.1 Å². The van der Waals surface area contributed by atoms with Crippen LogP contribution in [0.15, 0.2) is 47.6 Å². The third-order valence-electron chi connectivity index (χ3n) is 4.85. The van der Waals surface area contributed by atoms with Crippen molar-refractivity contribution in [1.82, 2.24) is 5.32 Å². The van der Waals surface area contributed by atoms with Gasteiger partial charge in [-0.15, -0.1) is 11.8 Å². The molecule has 7 heteroatoms. The molecule has 2 aromatic carbocycles. The van der Waals surface area contributed by atoms with Crippen LogP contribution in [0.4, 0.5) is 4.39 Å². The maximum Gasteiger partial charge on any atom is 0.207 e. The monoisotopic (exact) mass is 416 g/mol. The molecule has 29 heavy (non-hydrogen) atoms. The number of hydrogen-bond donors (Lipinski definition) is 2. The van der Waals surface area contributed by atoms with Gasteiger partial charge in [0.2, 0.25) is 6.41 Å². The molecule has 1 amide bonds. The quantitative estimate of drug-likeness (QED) is 0.483. The zero-order valence-electron chi connectivity index (χ0n) is 16.5. The highest BCUT2D eigenvalue weighted by molar-refractivity contribution is 7.99. The second-order valence-electron chi connectivity index (χ2n) is 7.16. The van der Waals surface area contributed by atoms with E-state index in [4.69, 9.17) is 4.84 Å². The molecule has 0 bridgehead atoms. The van der Waals surface area contributed by atoms with Crippen LogP contribution in [0.25, 0.3) is 11.1 Å². The molecule has 3 unspecified atom stereocenters. The number of amides is 1. The summed E-state index contributed by atoms with van der Waals surface area (Å²) in [5.41, 5.74) is 3.72. The molecule has 1 aliphatic rings. The van der Waals surface area contributed by atoms with E-state index in [9.17, 15) is 14.3 Å². The van der Waals surface area contributed by atoms with Crippen LogP contribution in [-0.2, 0) is 16.1 Å². The number of hydrogen-bond acceptors (Lipinski definition) is 5. The van der Waals surface area contributed by atoms with Crippen molar-refractivity contribution in [3.63, 3.8) is 0 Å². The number of aliphatic hydroxyl groups is 1. The summed E-state index contributed by atoms with van der Waals surface area (Å²) in [5.74, 6) is -0.318. The average Bonchev–Trinajstić information content (AvgIpc) is 3.16. The lowest BCUT2D eigenvalue weighted by molar-refractivity contribution is -0.109. The van der Waals surface area contributed by atoms with Crippen molar-refractivity contribution >= 4 is 23.9 Å². The molecule has 0 saturated heterocycles. The highest BCUT2D eigenvalue weighted by atomic mass is 32.2. The van der Waals surface area contributed by atoms with Crippen LogP contribution in [0.5, 0.6) is 0 Å². The van der Waals surface area contributed by atoms with Crippen LogP contribution in [0.2, 0.25) is 0 Å². The number of carbonyl (C=O) groups excluding carboxylic acids is 1. The molecule has 154 valence electrons. The van der Waals surface area contributed by atoms with Gasteiger partial charge in [0, 0.05) is 24.0 Å². The van der Waals surface area contributed by atoms with Gasteiger partial charge in [0.05, 0.1) is 17.2 Å². The van der Waals surface area contributed by atoms with Gasteiger partial charge in [-0.3, -0.25) is 4.79 Å². The average molecular weight is 417 g/mol. The Hall–Kier alpha value is -2.38. The van der Waals surface area contributed by atoms with Gasteiger partial charge >= 0.3 is 0 Å². The number of halogens is 1. The van der Waals surface area contributed by atoms with Crippen molar-refractivity contribution in [3.05, 3.63) is 59.4 Å². The molecule has 0 fully saturated rings. The number of thioether (sulfide) groups is 1. The molecule has 3 atom stereocenters. The van der Waals surface area contributed by atoms with Gasteiger partial charge in [-0.2, -0.15) is 0 Å². The van der Waals surface area contributed by atoms with Crippen LogP contribution < -0.4 is 5.32 Å². The summed E-state index contributed by atoms with van der Waals surface area (Å²) in [7, 11) is 0. The van der Waals surface area contributed by atoms with Gasteiger partial charge in [-0.1, -0.05) is 41.6 Å². The fourth-order valence-electron chi connectivity index (χ4n) is 3.36. The molecule has 0 radical (unpaired) electrons.